The number of non-ortho nitro benzene ring substituents is 1. The second-order valence-electron chi connectivity index (χ2n) is 8.91. The Hall–Kier alpha value is -2.36. The van der Waals surface area contributed by atoms with Crippen LogP contribution in [0.5, 0.6) is 0 Å². The Morgan fingerprint density at radius 2 is 1.81 bits per heavy atom. The predicted molar refractivity (Wildman–Crippen MR) is 107 cm³/mol. The van der Waals surface area contributed by atoms with Crippen molar-refractivity contribution in [2.45, 2.75) is 51.0 Å². The number of fused-ring (bicyclic) bond motifs is 7. The van der Waals surface area contributed by atoms with Crippen molar-refractivity contribution in [2.75, 3.05) is 5.32 Å². The molecule has 0 saturated heterocycles. The molecular weight excluding hydrogens is 336 g/mol. The average Bonchev–Trinajstić information content (AvgIpc) is 3.29. The fourth-order valence-electron chi connectivity index (χ4n) is 6.01. The lowest BCUT2D eigenvalue weighted by Crippen LogP contribution is -2.35. The van der Waals surface area contributed by atoms with Gasteiger partial charge in [-0.1, -0.05) is 38.1 Å². The summed E-state index contributed by atoms with van der Waals surface area (Å²) in [7, 11) is 0. The summed E-state index contributed by atoms with van der Waals surface area (Å²) in [6.07, 6.45) is 3.85. The Kier molecular flexibility index (Phi) is 3.78. The zero-order chi connectivity index (χ0) is 18.7. The highest BCUT2D eigenvalue weighted by Crippen LogP contribution is 2.63. The molecule has 1 aliphatic heterocycles. The van der Waals surface area contributed by atoms with E-state index in [1.54, 1.807) is 6.07 Å². The van der Waals surface area contributed by atoms with Gasteiger partial charge in [0, 0.05) is 17.8 Å². The number of nitro groups is 1. The van der Waals surface area contributed by atoms with Crippen molar-refractivity contribution in [2.24, 2.45) is 17.8 Å². The molecule has 2 fully saturated rings. The van der Waals surface area contributed by atoms with Gasteiger partial charge in [0.1, 0.15) is 0 Å². The molecular formula is C23H26N2O2. The van der Waals surface area contributed by atoms with E-state index in [0.717, 1.165) is 11.6 Å². The van der Waals surface area contributed by atoms with E-state index in [-0.39, 0.29) is 10.6 Å². The molecule has 2 aliphatic carbocycles. The minimum absolute atomic E-state index is 0.219. The molecule has 0 aromatic heterocycles. The number of nitrogens with zero attached hydrogens (tertiary/aromatic N) is 1. The molecule has 0 unspecified atom stereocenters. The summed E-state index contributed by atoms with van der Waals surface area (Å²) >= 11 is 0. The standard InChI is InChI=1S/C23H26N2O2/c1-13(2)14-3-5-15(6-4-14)23-22-17-8-7-16(11-17)21(22)19-12-18(25(26)27)9-10-20(19)24-23/h3-6,9-10,12-13,16-17,21-24H,7-8,11H2,1-2H3/t16-,17-,21-,22-,23-/m0/s1. The lowest BCUT2D eigenvalue weighted by atomic mass is 9.68. The minimum atomic E-state index is -0.265. The van der Waals surface area contributed by atoms with E-state index < -0.39 is 0 Å². The Labute approximate surface area is 160 Å². The first-order chi connectivity index (χ1) is 13.0. The molecule has 0 spiro atoms. The number of hydrogen-bond acceptors (Lipinski definition) is 3. The van der Waals surface area contributed by atoms with Crippen molar-refractivity contribution in [1.29, 1.82) is 0 Å². The highest BCUT2D eigenvalue weighted by molar-refractivity contribution is 5.62. The molecule has 0 amide bonds. The van der Waals surface area contributed by atoms with Gasteiger partial charge in [-0.3, -0.25) is 10.1 Å². The van der Waals surface area contributed by atoms with Gasteiger partial charge >= 0.3 is 0 Å². The van der Waals surface area contributed by atoms with Crippen LogP contribution < -0.4 is 5.32 Å². The SMILES string of the molecule is CC(C)c1ccc([C@@H]2Nc3ccc([N+](=O)[O-])cc3[C@@H]3[C@H]4CC[C@@H](C4)[C@@H]32)cc1. The molecule has 3 aliphatic rings. The van der Waals surface area contributed by atoms with Crippen LogP contribution >= 0.6 is 0 Å². The second-order valence-corrected chi connectivity index (χ2v) is 8.91. The molecule has 2 aromatic carbocycles. The van der Waals surface area contributed by atoms with Gasteiger partial charge in [0.05, 0.1) is 11.0 Å². The fraction of sp³-hybridized carbons (Fsp3) is 0.478. The zero-order valence-electron chi connectivity index (χ0n) is 15.9. The Balaban J connectivity index is 1.57. The first-order valence-electron chi connectivity index (χ1n) is 10.2. The van der Waals surface area contributed by atoms with Crippen LogP contribution in [-0.4, -0.2) is 4.92 Å². The summed E-state index contributed by atoms with van der Waals surface area (Å²) < 4.78 is 0. The van der Waals surface area contributed by atoms with Crippen LogP contribution in [-0.2, 0) is 0 Å². The van der Waals surface area contributed by atoms with E-state index in [2.05, 4.69) is 43.4 Å². The molecule has 5 rings (SSSR count). The van der Waals surface area contributed by atoms with Crippen LogP contribution in [0.2, 0.25) is 0 Å². The van der Waals surface area contributed by atoms with Gasteiger partial charge in [-0.15, -0.1) is 0 Å². The summed E-state index contributed by atoms with van der Waals surface area (Å²) in [5, 5.41) is 15.1. The van der Waals surface area contributed by atoms with Crippen LogP contribution in [0, 0.1) is 27.9 Å². The largest absolute Gasteiger partial charge is 0.378 e. The van der Waals surface area contributed by atoms with Crippen molar-refractivity contribution in [3.05, 3.63) is 69.3 Å². The highest BCUT2D eigenvalue weighted by Gasteiger charge is 2.54. The van der Waals surface area contributed by atoms with E-state index in [1.807, 2.05) is 12.1 Å². The van der Waals surface area contributed by atoms with Crippen LogP contribution in [0.1, 0.15) is 67.7 Å². The molecule has 4 nitrogen and oxygen atoms in total. The highest BCUT2D eigenvalue weighted by atomic mass is 16.6. The first kappa shape index (κ1) is 16.8. The number of anilines is 1. The summed E-state index contributed by atoms with van der Waals surface area (Å²) in [5.74, 6) is 2.95. The summed E-state index contributed by atoms with van der Waals surface area (Å²) in [6.45, 7) is 4.45. The van der Waals surface area contributed by atoms with Crippen LogP contribution in [0.3, 0.4) is 0 Å². The molecule has 1 N–H and O–H groups in total. The van der Waals surface area contributed by atoms with Gasteiger partial charge in [-0.2, -0.15) is 0 Å². The predicted octanol–water partition coefficient (Wildman–Crippen LogP) is 6.01. The molecule has 2 saturated carbocycles. The van der Waals surface area contributed by atoms with E-state index in [4.69, 9.17) is 0 Å². The lowest BCUT2D eigenvalue weighted by molar-refractivity contribution is -0.384. The van der Waals surface area contributed by atoms with Gasteiger partial charge in [-0.25, -0.2) is 0 Å². The van der Waals surface area contributed by atoms with Gasteiger partial charge in [-0.05, 0) is 71.6 Å². The monoisotopic (exact) mass is 362 g/mol. The van der Waals surface area contributed by atoms with Gasteiger partial charge in [0.15, 0.2) is 0 Å². The van der Waals surface area contributed by atoms with Gasteiger partial charge < -0.3 is 5.32 Å². The molecule has 2 aromatic rings. The molecule has 5 atom stereocenters. The van der Waals surface area contributed by atoms with Crippen LogP contribution in [0.25, 0.3) is 0 Å². The van der Waals surface area contributed by atoms with Crippen LogP contribution in [0.4, 0.5) is 11.4 Å². The number of rotatable bonds is 3. The number of hydrogen-bond donors (Lipinski definition) is 1. The average molecular weight is 362 g/mol. The topological polar surface area (TPSA) is 55.2 Å². The normalized spacial score (nSPS) is 30.7. The number of benzene rings is 2. The summed E-state index contributed by atoms with van der Waals surface area (Å²) in [4.78, 5) is 11.0. The van der Waals surface area contributed by atoms with E-state index in [1.165, 1.54) is 36.0 Å². The van der Waals surface area contributed by atoms with Crippen molar-refractivity contribution < 1.29 is 4.92 Å². The first-order valence-corrected chi connectivity index (χ1v) is 10.2. The molecule has 0 radical (unpaired) electrons. The Bertz CT molecular complexity index is 890. The third-order valence-electron chi connectivity index (χ3n) is 7.24. The third-order valence-corrected chi connectivity index (χ3v) is 7.24. The van der Waals surface area contributed by atoms with Crippen molar-refractivity contribution in [1.82, 2.24) is 0 Å². The number of nitrogens with one attached hydrogen (secondary N) is 1. The minimum Gasteiger partial charge on any atom is -0.378 e. The molecule has 1 heterocycles. The van der Waals surface area contributed by atoms with Crippen molar-refractivity contribution >= 4 is 11.4 Å². The maximum atomic E-state index is 11.3. The van der Waals surface area contributed by atoms with E-state index in [9.17, 15) is 10.1 Å². The number of nitro benzene ring substituents is 1. The van der Waals surface area contributed by atoms with E-state index in [0.29, 0.717) is 29.7 Å². The fourth-order valence-corrected chi connectivity index (χ4v) is 6.01. The third kappa shape index (κ3) is 2.57. The molecule has 2 bridgehead atoms. The van der Waals surface area contributed by atoms with E-state index >= 15 is 0 Å². The molecule has 4 heteroatoms. The van der Waals surface area contributed by atoms with Crippen molar-refractivity contribution in [3.63, 3.8) is 0 Å². The zero-order valence-corrected chi connectivity index (χ0v) is 15.9. The van der Waals surface area contributed by atoms with Gasteiger partial charge in [0.25, 0.3) is 5.69 Å². The lowest BCUT2D eigenvalue weighted by Gasteiger charge is -2.43. The molecule has 140 valence electrons. The quantitative estimate of drug-likeness (QED) is 0.537. The molecule has 27 heavy (non-hydrogen) atoms. The smallest absolute Gasteiger partial charge is 0.269 e. The maximum absolute atomic E-state index is 11.3. The van der Waals surface area contributed by atoms with Crippen LogP contribution in [0.15, 0.2) is 42.5 Å². The van der Waals surface area contributed by atoms with Gasteiger partial charge in [0.2, 0.25) is 0 Å². The summed E-state index contributed by atoms with van der Waals surface area (Å²) in [5.41, 5.74) is 5.21. The Morgan fingerprint density at radius 1 is 1.07 bits per heavy atom. The summed E-state index contributed by atoms with van der Waals surface area (Å²) in [6, 6.07) is 14.8. The Morgan fingerprint density at radius 3 is 2.52 bits per heavy atom. The van der Waals surface area contributed by atoms with Crippen molar-refractivity contribution in [3.8, 4) is 0 Å². The maximum Gasteiger partial charge on any atom is 0.269 e. The second kappa shape index (κ2) is 6.08.